The van der Waals surface area contributed by atoms with Crippen molar-refractivity contribution in [1.29, 1.82) is 0 Å². The van der Waals surface area contributed by atoms with Crippen LogP contribution in [0.25, 0.3) is 11.0 Å². The summed E-state index contributed by atoms with van der Waals surface area (Å²) in [6.07, 6.45) is -0.258. The standard InChI is InChI=1S/C19H20N2O2/c1-13(14(2)22)21-18-12-8-7-11-17(18)20-19(21)15(3)23-16-9-5-4-6-10-16/h4-13,15H,1-3H3. The average molecular weight is 308 g/mol. The van der Waals surface area contributed by atoms with Gasteiger partial charge in [-0.2, -0.15) is 0 Å². The molecule has 0 spiro atoms. The maximum absolute atomic E-state index is 11.9. The molecule has 2 aromatic carbocycles. The summed E-state index contributed by atoms with van der Waals surface area (Å²) >= 11 is 0. The second kappa shape index (κ2) is 6.24. The Kier molecular flexibility index (Phi) is 4.15. The maximum Gasteiger partial charge on any atom is 0.153 e. The Morgan fingerprint density at radius 3 is 2.39 bits per heavy atom. The van der Waals surface area contributed by atoms with Gasteiger partial charge in [-0.25, -0.2) is 4.98 Å². The second-order valence-electron chi connectivity index (χ2n) is 5.69. The fraction of sp³-hybridized carbons (Fsp3) is 0.263. The van der Waals surface area contributed by atoms with Gasteiger partial charge in [-0.1, -0.05) is 30.3 Å². The minimum Gasteiger partial charge on any atom is -0.483 e. The lowest BCUT2D eigenvalue weighted by atomic mass is 10.2. The molecule has 3 aromatic rings. The zero-order valence-corrected chi connectivity index (χ0v) is 13.6. The summed E-state index contributed by atoms with van der Waals surface area (Å²) in [5, 5.41) is 0. The summed E-state index contributed by atoms with van der Waals surface area (Å²) < 4.78 is 7.98. The number of para-hydroxylation sites is 3. The molecule has 1 aromatic heterocycles. The van der Waals surface area contributed by atoms with Crippen molar-refractivity contribution >= 4 is 16.8 Å². The summed E-state index contributed by atoms with van der Waals surface area (Å²) in [6, 6.07) is 17.2. The first-order valence-corrected chi connectivity index (χ1v) is 7.77. The highest BCUT2D eigenvalue weighted by Crippen LogP contribution is 2.28. The lowest BCUT2D eigenvalue weighted by molar-refractivity contribution is -0.119. The van der Waals surface area contributed by atoms with Crippen LogP contribution in [-0.2, 0) is 4.79 Å². The molecule has 4 heteroatoms. The lowest BCUT2D eigenvalue weighted by Gasteiger charge is -2.19. The summed E-state index contributed by atoms with van der Waals surface area (Å²) in [7, 11) is 0. The molecule has 2 unspecified atom stereocenters. The van der Waals surface area contributed by atoms with Crippen LogP contribution in [0.5, 0.6) is 5.75 Å². The Bertz CT molecular complexity index is 824. The fourth-order valence-electron chi connectivity index (χ4n) is 2.69. The third kappa shape index (κ3) is 2.97. The zero-order valence-electron chi connectivity index (χ0n) is 13.6. The van der Waals surface area contributed by atoms with Crippen LogP contribution < -0.4 is 4.74 Å². The molecule has 23 heavy (non-hydrogen) atoms. The Morgan fingerprint density at radius 1 is 1.04 bits per heavy atom. The molecule has 0 saturated heterocycles. The quantitative estimate of drug-likeness (QED) is 0.705. The third-order valence-corrected chi connectivity index (χ3v) is 4.02. The smallest absolute Gasteiger partial charge is 0.153 e. The summed E-state index contributed by atoms with van der Waals surface area (Å²) in [6.45, 7) is 5.46. The summed E-state index contributed by atoms with van der Waals surface area (Å²) in [4.78, 5) is 16.6. The van der Waals surface area contributed by atoms with Gasteiger partial charge in [0.05, 0.1) is 17.1 Å². The highest BCUT2D eigenvalue weighted by atomic mass is 16.5. The molecule has 2 atom stereocenters. The van der Waals surface area contributed by atoms with Crippen LogP contribution in [0.4, 0.5) is 0 Å². The number of hydrogen-bond donors (Lipinski definition) is 0. The molecule has 1 heterocycles. The Hall–Kier alpha value is -2.62. The van der Waals surface area contributed by atoms with Crippen molar-refractivity contribution in [2.24, 2.45) is 0 Å². The number of ether oxygens (including phenoxy) is 1. The van der Waals surface area contributed by atoms with Gasteiger partial charge in [0.15, 0.2) is 17.7 Å². The van der Waals surface area contributed by atoms with Gasteiger partial charge in [0.2, 0.25) is 0 Å². The molecule has 118 valence electrons. The normalized spacial score (nSPS) is 13.7. The SMILES string of the molecule is CC(=O)C(C)n1c(C(C)Oc2ccccc2)nc2ccccc21. The molecule has 0 amide bonds. The monoisotopic (exact) mass is 308 g/mol. The number of Topliss-reactive ketones (excluding diaryl/α,β-unsaturated/α-hetero) is 1. The molecule has 0 radical (unpaired) electrons. The number of ketones is 1. The number of imidazole rings is 1. The molecular weight excluding hydrogens is 288 g/mol. The van der Waals surface area contributed by atoms with Crippen LogP contribution in [0.2, 0.25) is 0 Å². The molecule has 3 rings (SSSR count). The average Bonchev–Trinajstić information content (AvgIpc) is 2.94. The van der Waals surface area contributed by atoms with E-state index in [0.717, 1.165) is 22.6 Å². The van der Waals surface area contributed by atoms with E-state index in [1.54, 1.807) is 6.92 Å². The van der Waals surface area contributed by atoms with Crippen molar-refractivity contribution < 1.29 is 9.53 Å². The number of fused-ring (bicyclic) bond motifs is 1. The highest BCUT2D eigenvalue weighted by Gasteiger charge is 2.23. The van der Waals surface area contributed by atoms with Gasteiger partial charge < -0.3 is 9.30 Å². The molecule has 4 nitrogen and oxygen atoms in total. The van der Waals surface area contributed by atoms with Crippen molar-refractivity contribution in [1.82, 2.24) is 9.55 Å². The molecule has 0 aliphatic rings. The number of carbonyl (C=O) groups is 1. The van der Waals surface area contributed by atoms with Gasteiger partial charge >= 0.3 is 0 Å². The molecule has 0 saturated carbocycles. The van der Waals surface area contributed by atoms with E-state index in [1.165, 1.54) is 0 Å². The summed E-state index contributed by atoms with van der Waals surface area (Å²) in [5.74, 6) is 1.65. The van der Waals surface area contributed by atoms with Gasteiger partial charge in [0.25, 0.3) is 0 Å². The number of aromatic nitrogens is 2. The molecular formula is C19H20N2O2. The fourth-order valence-corrected chi connectivity index (χ4v) is 2.69. The molecule has 0 N–H and O–H groups in total. The van der Waals surface area contributed by atoms with Crippen molar-refractivity contribution in [2.45, 2.75) is 32.9 Å². The topological polar surface area (TPSA) is 44.1 Å². The van der Waals surface area contributed by atoms with Crippen LogP contribution >= 0.6 is 0 Å². The minimum atomic E-state index is -0.278. The van der Waals surface area contributed by atoms with E-state index in [2.05, 4.69) is 0 Å². The van der Waals surface area contributed by atoms with Gasteiger partial charge in [-0.15, -0.1) is 0 Å². The van der Waals surface area contributed by atoms with E-state index in [-0.39, 0.29) is 17.9 Å². The maximum atomic E-state index is 11.9. The van der Waals surface area contributed by atoms with E-state index in [1.807, 2.05) is 73.0 Å². The van der Waals surface area contributed by atoms with Gasteiger partial charge in [0.1, 0.15) is 5.75 Å². The van der Waals surface area contributed by atoms with E-state index >= 15 is 0 Å². The molecule has 0 bridgehead atoms. The van der Waals surface area contributed by atoms with E-state index < -0.39 is 0 Å². The van der Waals surface area contributed by atoms with E-state index in [4.69, 9.17) is 9.72 Å². The van der Waals surface area contributed by atoms with Crippen molar-refractivity contribution in [2.75, 3.05) is 0 Å². The highest BCUT2D eigenvalue weighted by molar-refractivity contribution is 5.83. The first-order valence-electron chi connectivity index (χ1n) is 7.77. The first-order chi connectivity index (χ1) is 11.1. The predicted octanol–water partition coefficient (Wildman–Crippen LogP) is 4.33. The van der Waals surface area contributed by atoms with Crippen LogP contribution in [0, 0.1) is 0 Å². The van der Waals surface area contributed by atoms with Gasteiger partial charge in [-0.3, -0.25) is 4.79 Å². The van der Waals surface area contributed by atoms with Crippen LogP contribution in [0.1, 0.15) is 38.7 Å². The van der Waals surface area contributed by atoms with Crippen molar-refractivity contribution in [3.8, 4) is 5.75 Å². The Balaban J connectivity index is 2.05. The number of benzene rings is 2. The Morgan fingerprint density at radius 2 is 1.70 bits per heavy atom. The van der Waals surface area contributed by atoms with Crippen LogP contribution in [-0.4, -0.2) is 15.3 Å². The third-order valence-electron chi connectivity index (χ3n) is 4.02. The molecule has 0 aliphatic carbocycles. The van der Waals surface area contributed by atoms with Crippen molar-refractivity contribution in [3.05, 3.63) is 60.4 Å². The Labute approximate surface area is 135 Å². The first kappa shape index (κ1) is 15.3. The lowest BCUT2D eigenvalue weighted by Crippen LogP contribution is -2.19. The zero-order chi connectivity index (χ0) is 16.4. The predicted molar refractivity (Wildman–Crippen MR) is 90.6 cm³/mol. The molecule has 0 aliphatic heterocycles. The minimum absolute atomic E-state index is 0.0984. The molecule has 0 fully saturated rings. The number of rotatable bonds is 5. The van der Waals surface area contributed by atoms with Gasteiger partial charge in [0, 0.05) is 0 Å². The number of hydrogen-bond acceptors (Lipinski definition) is 3. The van der Waals surface area contributed by atoms with Gasteiger partial charge in [-0.05, 0) is 45.0 Å². The van der Waals surface area contributed by atoms with Crippen LogP contribution in [0.15, 0.2) is 54.6 Å². The van der Waals surface area contributed by atoms with E-state index in [0.29, 0.717) is 0 Å². The second-order valence-corrected chi connectivity index (χ2v) is 5.69. The van der Waals surface area contributed by atoms with E-state index in [9.17, 15) is 4.79 Å². The van der Waals surface area contributed by atoms with Crippen molar-refractivity contribution in [3.63, 3.8) is 0 Å². The largest absolute Gasteiger partial charge is 0.483 e. The number of carbonyl (C=O) groups excluding carboxylic acids is 1. The summed E-state index contributed by atoms with van der Waals surface area (Å²) in [5.41, 5.74) is 1.83. The van der Waals surface area contributed by atoms with Crippen LogP contribution in [0.3, 0.4) is 0 Å². The number of nitrogens with zero attached hydrogens (tertiary/aromatic N) is 2.